The van der Waals surface area contributed by atoms with Gasteiger partial charge in [0.15, 0.2) is 0 Å². The van der Waals surface area contributed by atoms with E-state index in [1.807, 2.05) is 28.9 Å². The van der Waals surface area contributed by atoms with Gasteiger partial charge in [-0.25, -0.2) is 9.97 Å². The Morgan fingerprint density at radius 1 is 1.06 bits per heavy atom. The zero-order chi connectivity index (χ0) is 22.8. The molecule has 0 atom stereocenters. The number of imidazole rings is 1. The Hall–Kier alpha value is -3.56. The molecule has 0 unspecified atom stereocenters. The minimum absolute atomic E-state index is 0.0762. The second-order valence-electron chi connectivity index (χ2n) is 8.66. The number of hydrogen-bond donors (Lipinski definition) is 3. The second kappa shape index (κ2) is 8.76. The van der Waals surface area contributed by atoms with Crippen molar-refractivity contribution in [2.75, 3.05) is 6.54 Å². The van der Waals surface area contributed by atoms with Gasteiger partial charge in [0, 0.05) is 37.7 Å². The third-order valence-corrected chi connectivity index (χ3v) is 6.11. The molecule has 4 heterocycles. The first-order valence-corrected chi connectivity index (χ1v) is 11.2. The van der Waals surface area contributed by atoms with Crippen molar-refractivity contribution in [2.45, 2.75) is 44.4 Å². The number of carbonyl (C=O) groups is 1. The lowest BCUT2D eigenvalue weighted by molar-refractivity contribution is 0.0474. The van der Waals surface area contributed by atoms with E-state index in [0.29, 0.717) is 24.4 Å². The lowest BCUT2D eigenvalue weighted by Crippen LogP contribution is -2.37. The Balaban J connectivity index is 1.22. The summed E-state index contributed by atoms with van der Waals surface area (Å²) < 4.78 is 3.31. The summed E-state index contributed by atoms with van der Waals surface area (Å²) >= 11 is 0. The first-order valence-electron chi connectivity index (χ1n) is 11.2. The predicted molar refractivity (Wildman–Crippen MR) is 123 cm³/mol. The molecule has 5 rings (SSSR count). The van der Waals surface area contributed by atoms with Gasteiger partial charge in [-0.2, -0.15) is 0 Å². The van der Waals surface area contributed by atoms with Gasteiger partial charge in [-0.15, -0.1) is 0 Å². The number of amides is 1. The van der Waals surface area contributed by atoms with Gasteiger partial charge in [-0.05, 0) is 36.6 Å². The number of fused-ring (bicyclic) bond motifs is 2. The summed E-state index contributed by atoms with van der Waals surface area (Å²) in [5.41, 5.74) is 2.18. The average molecular weight is 447 g/mol. The summed E-state index contributed by atoms with van der Waals surface area (Å²) in [4.78, 5) is 33.6. The molecule has 0 bridgehead atoms. The fraction of sp³-hybridized carbons (Fsp3) is 0.333. The fourth-order valence-corrected chi connectivity index (χ4v) is 4.36. The van der Waals surface area contributed by atoms with Crippen LogP contribution >= 0.6 is 0 Å². The minimum atomic E-state index is -0.573. The van der Waals surface area contributed by atoms with Crippen molar-refractivity contribution < 1.29 is 9.90 Å². The van der Waals surface area contributed by atoms with Crippen molar-refractivity contribution in [2.24, 2.45) is 0 Å². The molecule has 1 saturated carbocycles. The standard InChI is InChI=1S/C24H26N6O3/c31-22-11-19(28-21-5-1-4-10-30(21)22)23(32)26-13-18-15-29-14-17(6-7-20(29)27-18)12-25-16-24(33)8-2-3-9-24/h1,4-7,10-11,14-15,25,33H,2-3,8-9,12-13,16H2,(H,26,32). The van der Waals surface area contributed by atoms with Crippen molar-refractivity contribution in [1.29, 1.82) is 0 Å². The molecule has 1 fully saturated rings. The van der Waals surface area contributed by atoms with Crippen molar-refractivity contribution in [1.82, 2.24) is 29.4 Å². The highest BCUT2D eigenvalue weighted by Crippen LogP contribution is 2.28. The van der Waals surface area contributed by atoms with Crippen LogP contribution in [0.25, 0.3) is 11.3 Å². The molecule has 170 valence electrons. The lowest BCUT2D eigenvalue weighted by atomic mass is 10.0. The van der Waals surface area contributed by atoms with Crippen molar-refractivity contribution in [3.05, 3.63) is 82.3 Å². The first-order chi connectivity index (χ1) is 16.0. The molecule has 9 heteroatoms. The first kappa shape index (κ1) is 21.3. The summed E-state index contributed by atoms with van der Waals surface area (Å²) in [6, 6.07) is 10.3. The molecule has 0 radical (unpaired) electrons. The van der Waals surface area contributed by atoms with E-state index in [-0.39, 0.29) is 17.8 Å². The third-order valence-electron chi connectivity index (χ3n) is 6.11. The number of nitrogens with one attached hydrogen (secondary N) is 2. The molecule has 0 spiro atoms. The Morgan fingerprint density at radius 2 is 1.91 bits per heavy atom. The molecule has 4 aromatic heterocycles. The molecule has 1 aliphatic carbocycles. The Bertz CT molecular complexity index is 1370. The van der Waals surface area contributed by atoms with E-state index in [2.05, 4.69) is 20.6 Å². The van der Waals surface area contributed by atoms with Crippen LogP contribution in [-0.2, 0) is 13.1 Å². The van der Waals surface area contributed by atoms with Crippen LogP contribution < -0.4 is 16.2 Å². The van der Waals surface area contributed by atoms with Gasteiger partial charge >= 0.3 is 0 Å². The number of rotatable bonds is 7. The quantitative estimate of drug-likeness (QED) is 0.398. The summed E-state index contributed by atoms with van der Waals surface area (Å²) in [5, 5.41) is 16.6. The molecule has 4 aromatic rings. The zero-order valence-corrected chi connectivity index (χ0v) is 18.2. The van der Waals surface area contributed by atoms with Crippen molar-refractivity contribution in [3.63, 3.8) is 0 Å². The summed E-state index contributed by atoms with van der Waals surface area (Å²) in [6.07, 6.45) is 9.37. The molecule has 33 heavy (non-hydrogen) atoms. The number of aliphatic hydroxyl groups is 1. The molecule has 0 aromatic carbocycles. The van der Waals surface area contributed by atoms with Crippen LogP contribution in [0.15, 0.2) is 59.8 Å². The highest BCUT2D eigenvalue weighted by Gasteiger charge is 2.30. The minimum Gasteiger partial charge on any atom is -0.389 e. The van der Waals surface area contributed by atoms with Gasteiger partial charge in [0.25, 0.3) is 11.5 Å². The largest absolute Gasteiger partial charge is 0.389 e. The van der Waals surface area contributed by atoms with E-state index in [9.17, 15) is 14.7 Å². The van der Waals surface area contributed by atoms with Gasteiger partial charge in [-0.1, -0.05) is 25.0 Å². The Morgan fingerprint density at radius 3 is 2.76 bits per heavy atom. The maximum atomic E-state index is 12.6. The number of pyridine rings is 2. The van der Waals surface area contributed by atoms with E-state index in [0.717, 1.165) is 36.9 Å². The highest BCUT2D eigenvalue weighted by atomic mass is 16.3. The third kappa shape index (κ3) is 4.64. The SMILES string of the molecule is O=C(NCc1cn2cc(CNCC3(O)CCCC3)ccc2n1)c1cc(=O)n2ccccc2n1. The van der Waals surface area contributed by atoms with Crippen LogP contribution in [0.1, 0.15) is 47.4 Å². The van der Waals surface area contributed by atoms with Gasteiger partial charge in [0.05, 0.1) is 17.8 Å². The normalized spacial score (nSPS) is 15.3. The Labute approximate surface area is 190 Å². The van der Waals surface area contributed by atoms with Gasteiger partial charge in [-0.3, -0.25) is 14.0 Å². The molecule has 1 aliphatic rings. The van der Waals surface area contributed by atoms with Gasteiger partial charge in [0.1, 0.15) is 17.0 Å². The lowest BCUT2D eigenvalue weighted by Gasteiger charge is -2.22. The highest BCUT2D eigenvalue weighted by molar-refractivity contribution is 5.92. The van der Waals surface area contributed by atoms with Crippen LogP contribution in [0.2, 0.25) is 0 Å². The zero-order valence-electron chi connectivity index (χ0n) is 18.2. The van der Waals surface area contributed by atoms with E-state index in [1.165, 1.54) is 10.5 Å². The van der Waals surface area contributed by atoms with E-state index in [4.69, 9.17) is 0 Å². The maximum absolute atomic E-state index is 12.6. The van der Waals surface area contributed by atoms with Gasteiger partial charge in [0.2, 0.25) is 0 Å². The maximum Gasteiger partial charge on any atom is 0.270 e. The summed E-state index contributed by atoms with van der Waals surface area (Å²) in [6.45, 7) is 1.47. The van der Waals surface area contributed by atoms with Crippen molar-refractivity contribution >= 4 is 17.2 Å². The van der Waals surface area contributed by atoms with Crippen LogP contribution in [0.4, 0.5) is 0 Å². The van der Waals surface area contributed by atoms with Crippen LogP contribution in [0.5, 0.6) is 0 Å². The molecular formula is C24H26N6O3. The monoisotopic (exact) mass is 446 g/mol. The van der Waals surface area contributed by atoms with E-state index >= 15 is 0 Å². The average Bonchev–Trinajstić information content (AvgIpc) is 3.43. The smallest absolute Gasteiger partial charge is 0.270 e. The summed E-state index contributed by atoms with van der Waals surface area (Å²) in [5.74, 6) is -0.426. The van der Waals surface area contributed by atoms with Crippen LogP contribution in [0.3, 0.4) is 0 Å². The topological polar surface area (TPSA) is 113 Å². The molecule has 1 amide bonds. The van der Waals surface area contributed by atoms with Gasteiger partial charge < -0.3 is 20.1 Å². The number of nitrogens with zero attached hydrogens (tertiary/aromatic N) is 4. The molecule has 3 N–H and O–H groups in total. The number of hydrogen-bond acceptors (Lipinski definition) is 6. The van der Waals surface area contributed by atoms with Crippen LogP contribution in [-0.4, -0.2) is 41.9 Å². The number of carbonyl (C=O) groups excluding carboxylic acids is 1. The fourth-order valence-electron chi connectivity index (χ4n) is 4.36. The van der Waals surface area contributed by atoms with E-state index in [1.54, 1.807) is 24.4 Å². The molecule has 9 nitrogen and oxygen atoms in total. The molecule has 0 aliphatic heterocycles. The van der Waals surface area contributed by atoms with E-state index < -0.39 is 11.5 Å². The number of aromatic nitrogens is 4. The van der Waals surface area contributed by atoms with Crippen LogP contribution in [0, 0.1) is 0 Å². The molecule has 0 saturated heterocycles. The Kier molecular flexibility index (Phi) is 5.65. The van der Waals surface area contributed by atoms with Crippen molar-refractivity contribution in [3.8, 4) is 0 Å². The predicted octanol–water partition coefficient (Wildman–Crippen LogP) is 1.67. The molecular weight excluding hydrogens is 420 g/mol. The second-order valence-corrected chi connectivity index (χ2v) is 8.66. The summed E-state index contributed by atoms with van der Waals surface area (Å²) in [7, 11) is 0.